The van der Waals surface area contributed by atoms with Crippen LogP contribution in [0.25, 0.3) is 0 Å². The summed E-state index contributed by atoms with van der Waals surface area (Å²) >= 11 is 22.0. The quantitative estimate of drug-likeness (QED) is 0.390. The Morgan fingerprint density at radius 1 is 0.577 bits per heavy atom. The van der Waals surface area contributed by atoms with Crippen LogP contribution in [0.2, 0.25) is 0 Å². The maximum Gasteiger partial charge on any atom is 0 e. The fraction of sp³-hybridized carbons (Fsp3) is 1.00. The lowest BCUT2D eigenvalue weighted by molar-refractivity contribution is 0.240. The SMILES string of the molecule is CCC(C)(C)C(C)C.CCC(C)(C)CC.CCC(C)C.S=S.S=S.S=S. The number of hydrogen-bond acceptors (Lipinski definition) is 6. The van der Waals surface area contributed by atoms with E-state index in [0.717, 1.165) is 11.8 Å². The van der Waals surface area contributed by atoms with E-state index in [1.807, 2.05) is 0 Å². The zero-order chi connectivity index (χ0) is 23.0. The van der Waals surface area contributed by atoms with Crippen molar-refractivity contribution in [2.75, 3.05) is 0 Å². The molecule has 26 heavy (non-hydrogen) atoms. The van der Waals surface area contributed by atoms with Gasteiger partial charge in [0.2, 0.25) is 0 Å². The van der Waals surface area contributed by atoms with Gasteiger partial charge in [-0.2, -0.15) is 0 Å². The lowest BCUT2D eigenvalue weighted by Gasteiger charge is -2.27. The zero-order valence-corrected chi connectivity index (χ0v) is 24.3. The fourth-order valence-electron chi connectivity index (χ4n) is 0.658. The minimum atomic E-state index is 0.542. The molecule has 0 atom stereocenters. The summed E-state index contributed by atoms with van der Waals surface area (Å²) in [6, 6.07) is 0. The Balaban J connectivity index is -0.0000000510. The summed E-state index contributed by atoms with van der Waals surface area (Å²) in [6.45, 7) is 27.2. The third-order valence-corrected chi connectivity index (χ3v) is 5.20. The Morgan fingerprint density at radius 2 is 0.808 bits per heavy atom. The summed E-state index contributed by atoms with van der Waals surface area (Å²) in [5.41, 5.74) is 1.12. The zero-order valence-electron chi connectivity index (χ0n) is 19.4. The molecule has 0 spiro atoms. The Morgan fingerprint density at radius 3 is 0.808 bits per heavy atom. The van der Waals surface area contributed by atoms with Crippen molar-refractivity contribution >= 4 is 67.1 Å². The second-order valence-electron chi connectivity index (χ2n) is 8.17. The lowest BCUT2D eigenvalue weighted by Crippen LogP contribution is -2.17. The van der Waals surface area contributed by atoms with Gasteiger partial charge in [0.25, 0.3) is 0 Å². The average Bonchev–Trinajstić information content (AvgIpc) is 2.67. The van der Waals surface area contributed by atoms with Crippen LogP contribution in [-0.2, 0) is 67.1 Å². The van der Waals surface area contributed by atoms with Crippen LogP contribution in [0.15, 0.2) is 0 Å². The largest absolute Gasteiger partial charge is 0.0651 e. The lowest BCUT2D eigenvalue weighted by atomic mass is 9.79. The first kappa shape index (κ1) is 41.6. The van der Waals surface area contributed by atoms with Crippen molar-refractivity contribution in [3.63, 3.8) is 0 Å². The fourth-order valence-corrected chi connectivity index (χ4v) is 0.658. The summed E-state index contributed by atoms with van der Waals surface area (Å²) in [5, 5.41) is 0. The molecule has 162 valence electrons. The van der Waals surface area contributed by atoms with E-state index >= 15 is 0 Å². The molecule has 0 bridgehead atoms. The van der Waals surface area contributed by atoms with E-state index in [0.29, 0.717) is 10.8 Å². The van der Waals surface area contributed by atoms with Crippen LogP contribution >= 0.6 is 0 Å². The van der Waals surface area contributed by atoms with Crippen molar-refractivity contribution in [1.29, 1.82) is 0 Å². The van der Waals surface area contributed by atoms with Gasteiger partial charge in [-0.3, -0.25) is 0 Å². The Kier molecular flexibility index (Phi) is 49.7. The molecule has 0 aromatic heterocycles. The summed E-state index contributed by atoms with van der Waals surface area (Å²) < 4.78 is 0. The van der Waals surface area contributed by atoms with Gasteiger partial charge < -0.3 is 0 Å². The van der Waals surface area contributed by atoms with Crippen molar-refractivity contribution in [3.8, 4) is 0 Å². The maximum atomic E-state index is 3.67. The Labute approximate surface area is 197 Å². The molecule has 0 radical (unpaired) electrons. The monoisotopic (exact) mass is 478 g/mol. The van der Waals surface area contributed by atoms with Gasteiger partial charge in [-0.1, -0.05) is 109 Å². The molecule has 0 unspecified atom stereocenters. The molecule has 0 saturated heterocycles. The average molecular weight is 479 g/mol. The van der Waals surface area contributed by atoms with E-state index in [4.69, 9.17) is 0 Å². The minimum Gasteiger partial charge on any atom is -0.0651 e. The van der Waals surface area contributed by atoms with Crippen LogP contribution in [0.5, 0.6) is 0 Å². The molecule has 0 aliphatic heterocycles. The second kappa shape index (κ2) is 31.0. The number of hydrogen-bond donors (Lipinski definition) is 0. The van der Waals surface area contributed by atoms with Crippen LogP contribution in [-0.4, -0.2) is 0 Å². The normalized spacial score (nSPS) is 9.46. The van der Waals surface area contributed by atoms with Crippen molar-refractivity contribution in [1.82, 2.24) is 0 Å². The Bertz CT molecular complexity index is 230. The molecule has 0 saturated carbocycles. The van der Waals surface area contributed by atoms with E-state index in [1.165, 1.54) is 25.7 Å². The van der Waals surface area contributed by atoms with Crippen molar-refractivity contribution < 1.29 is 0 Å². The van der Waals surface area contributed by atoms with Gasteiger partial charge in [0.15, 0.2) is 0 Å². The van der Waals surface area contributed by atoms with Gasteiger partial charge in [0.05, 0.1) is 0 Å². The van der Waals surface area contributed by atoms with Gasteiger partial charge in [-0.05, 0) is 22.7 Å². The van der Waals surface area contributed by atoms with Crippen molar-refractivity contribution in [2.24, 2.45) is 22.7 Å². The molecule has 0 amide bonds. The Hall–Kier alpha value is 1.32. The molecule has 6 heteroatoms. The smallest absolute Gasteiger partial charge is 0 e. The third-order valence-electron chi connectivity index (χ3n) is 5.20. The highest BCUT2D eigenvalue weighted by Crippen LogP contribution is 2.28. The van der Waals surface area contributed by atoms with Crippen LogP contribution in [0.4, 0.5) is 0 Å². The van der Waals surface area contributed by atoms with Crippen LogP contribution in [0.3, 0.4) is 0 Å². The second-order valence-corrected chi connectivity index (χ2v) is 8.17. The van der Waals surface area contributed by atoms with E-state index in [1.54, 1.807) is 0 Å². The molecule has 0 aromatic rings. The molecule has 0 nitrogen and oxygen atoms in total. The van der Waals surface area contributed by atoms with Crippen LogP contribution in [0.1, 0.15) is 109 Å². The van der Waals surface area contributed by atoms with Gasteiger partial charge >= 0.3 is 0 Å². The van der Waals surface area contributed by atoms with E-state index in [9.17, 15) is 0 Å². The first-order chi connectivity index (χ1) is 11.9. The predicted octanol–water partition coefficient (Wildman–Crippen LogP) is 7.95. The molecular weight excluding hydrogens is 433 g/mol. The molecule has 0 aromatic carbocycles. The molecule has 0 aliphatic rings. The van der Waals surface area contributed by atoms with Crippen molar-refractivity contribution in [2.45, 2.75) is 109 Å². The van der Waals surface area contributed by atoms with Gasteiger partial charge in [0, 0.05) is 67.1 Å². The van der Waals surface area contributed by atoms with E-state index in [-0.39, 0.29) is 0 Å². The highest BCUT2D eigenvalue weighted by Gasteiger charge is 2.18. The minimum absolute atomic E-state index is 0.542. The number of rotatable bonds is 5. The molecule has 0 fully saturated rings. The highest BCUT2D eigenvalue weighted by atomic mass is 32.8. The van der Waals surface area contributed by atoms with Gasteiger partial charge in [0.1, 0.15) is 0 Å². The molecule has 0 heterocycles. The topological polar surface area (TPSA) is 0 Å². The summed E-state index contributed by atoms with van der Waals surface area (Å²) in [5.74, 6) is 1.70. The van der Waals surface area contributed by atoms with E-state index < -0.39 is 0 Å². The highest BCUT2D eigenvalue weighted by molar-refractivity contribution is 8.08. The first-order valence-corrected chi connectivity index (χ1v) is 13.4. The predicted molar refractivity (Wildman–Crippen MR) is 143 cm³/mol. The van der Waals surface area contributed by atoms with Crippen molar-refractivity contribution in [3.05, 3.63) is 0 Å². The summed E-state index contributed by atoms with van der Waals surface area (Å²) in [7, 11) is 0. The van der Waals surface area contributed by atoms with Crippen LogP contribution < -0.4 is 0 Å². The molecular formula is C20H46S6. The molecule has 0 rings (SSSR count). The van der Waals surface area contributed by atoms with E-state index in [2.05, 4.69) is 150 Å². The van der Waals surface area contributed by atoms with Gasteiger partial charge in [-0.15, -0.1) is 0 Å². The molecule has 0 aliphatic carbocycles. The summed E-state index contributed by atoms with van der Waals surface area (Å²) in [4.78, 5) is 0. The van der Waals surface area contributed by atoms with Gasteiger partial charge in [-0.25, -0.2) is 0 Å². The molecule has 0 N–H and O–H groups in total. The maximum absolute atomic E-state index is 3.67. The van der Waals surface area contributed by atoms with Crippen LogP contribution in [0, 0.1) is 22.7 Å². The third kappa shape index (κ3) is 44.6. The first-order valence-electron chi connectivity index (χ1n) is 9.40. The standard InChI is InChI=1S/C8H18.C7H16.C5H12.3S2/c1-6-8(4,5)7(2)3;1-5-7(3,4)6-2;1-4-5(2)3;3*1-2/h7H,6H2,1-5H3;5-6H2,1-4H3;5H,4H2,1-3H3;;;. The summed E-state index contributed by atoms with van der Waals surface area (Å²) in [6.07, 6.45) is 5.18.